The van der Waals surface area contributed by atoms with Gasteiger partial charge in [-0.25, -0.2) is 4.68 Å². The lowest BCUT2D eigenvalue weighted by Gasteiger charge is -2.41. The number of benzene rings is 3. The van der Waals surface area contributed by atoms with Crippen molar-refractivity contribution in [1.29, 1.82) is 0 Å². The molecule has 4 aromatic rings. The lowest BCUT2D eigenvalue weighted by atomic mass is 9.91. The van der Waals surface area contributed by atoms with Crippen molar-refractivity contribution in [3.8, 4) is 11.1 Å². The molecule has 1 aliphatic rings. The number of aliphatic hydroxyl groups is 1. The van der Waals surface area contributed by atoms with Crippen molar-refractivity contribution in [1.82, 2.24) is 20.2 Å². The summed E-state index contributed by atoms with van der Waals surface area (Å²) in [7, 11) is 1.83. The molecule has 37 heavy (non-hydrogen) atoms. The summed E-state index contributed by atoms with van der Waals surface area (Å²) in [6.07, 6.45) is -0.828. The Morgan fingerprint density at radius 3 is 2.41 bits per heavy atom. The van der Waals surface area contributed by atoms with Crippen LogP contribution in [-0.4, -0.2) is 37.2 Å². The molecule has 4 atom stereocenters. The average Bonchev–Trinajstić information content (AvgIpc) is 3.37. The predicted molar refractivity (Wildman–Crippen MR) is 142 cm³/mol. The van der Waals surface area contributed by atoms with E-state index in [-0.39, 0.29) is 24.7 Å². The fourth-order valence-electron chi connectivity index (χ4n) is 4.55. The SMILES string of the molecule is C[C@@H]1[C@H](CSc2nnnn2C)O[C@H](c2cccc(-c3cccc(CN)c3)c2)O[C@@H]1c1ccc(CO)cc1. The third-order valence-electron chi connectivity index (χ3n) is 6.74. The standard InChI is InChI=1S/C28H31N5O3S/c1-18-25(17-37-28-30-31-32-33(28)2)35-27(36-26(18)21-11-9-19(16-34)10-12-21)24-8-4-7-23(14-24)22-6-3-5-20(13-22)15-29/h3-14,18,25-27,34H,15-17,29H2,1-2H3/t18-,25+,26+,27+/m1/s1. The molecule has 3 aromatic carbocycles. The van der Waals surface area contributed by atoms with Gasteiger partial charge in [0.2, 0.25) is 5.16 Å². The van der Waals surface area contributed by atoms with Crippen molar-refractivity contribution in [3.63, 3.8) is 0 Å². The lowest BCUT2D eigenvalue weighted by Crippen LogP contribution is -2.38. The van der Waals surface area contributed by atoms with Gasteiger partial charge < -0.3 is 20.3 Å². The van der Waals surface area contributed by atoms with Gasteiger partial charge in [0.25, 0.3) is 0 Å². The van der Waals surface area contributed by atoms with E-state index in [1.165, 1.54) is 0 Å². The summed E-state index contributed by atoms with van der Waals surface area (Å²) < 4.78 is 14.8. The molecular formula is C28H31N5O3S. The lowest BCUT2D eigenvalue weighted by molar-refractivity contribution is -0.268. The highest BCUT2D eigenvalue weighted by atomic mass is 32.2. The number of nitrogens with two attached hydrogens (primary N) is 1. The van der Waals surface area contributed by atoms with Crippen LogP contribution < -0.4 is 5.73 Å². The molecule has 2 heterocycles. The van der Waals surface area contributed by atoms with Crippen molar-refractivity contribution >= 4 is 11.8 Å². The molecule has 8 nitrogen and oxygen atoms in total. The minimum Gasteiger partial charge on any atom is -0.392 e. The molecule has 1 fully saturated rings. The third-order valence-corrected chi connectivity index (χ3v) is 7.84. The van der Waals surface area contributed by atoms with Crippen LogP contribution >= 0.6 is 11.8 Å². The Kier molecular flexibility index (Phi) is 7.97. The Bertz CT molecular complexity index is 1330. The summed E-state index contributed by atoms with van der Waals surface area (Å²) in [6, 6.07) is 24.5. The highest BCUT2D eigenvalue weighted by Gasteiger charge is 2.38. The Morgan fingerprint density at radius 2 is 1.70 bits per heavy atom. The van der Waals surface area contributed by atoms with E-state index >= 15 is 0 Å². The van der Waals surface area contributed by atoms with Gasteiger partial charge in [-0.1, -0.05) is 79.3 Å². The highest BCUT2D eigenvalue weighted by Crippen LogP contribution is 2.43. The molecule has 0 aliphatic carbocycles. The number of aliphatic hydroxyl groups excluding tert-OH is 1. The summed E-state index contributed by atoms with van der Waals surface area (Å²) in [4.78, 5) is 0. The second-order valence-corrected chi connectivity index (χ2v) is 10.2. The van der Waals surface area contributed by atoms with Crippen LogP contribution in [0.25, 0.3) is 11.1 Å². The number of hydrogen-bond donors (Lipinski definition) is 2. The molecular weight excluding hydrogens is 486 g/mol. The topological polar surface area (TPSA) is 108 Å². The second-order valence-electron chi connectivity index (χ2n) is 9.25. The number of tetrazole rings is 1. The molecule has 0 radical (unpaired) electrons. The fraction of sp³-hybridized carbons (Fsp3) is 0.321. The molecule has 9 heteroatoms. The van der Waals surface area contributed by atoms with Gasteiger partial charge in [0.05, 0.1) is 18.8 Å². The summed E-state index contributed by atoms with van der Waals surface area (Å²) in [6.45, 7) is 2.66. The maximum Gasteiger partial charge on any atom is 0.209 e. The minimum atomic E-state index is -0.542. The number of nitrogens with zero attached hydrogens (tertiary/aromatic N) is 4. The van der Waals surface area contributed by atoms with Gasteiger partial charge in [-0.05, 0) is 50.4 Å². The van der Waals surface area contributed by atoms with E-state index in [0.29, 0.717) is 12.3 Å². The number of hydrogen-bond acceptors (Lipinski definition) is 8. The van der Waals surface area contributed by atoms with E-state index in [2.05, 4.69) is 46.7 Å². The molecule has 0 unspecified atom stereocenters. The van der Waals surface area contributed by atoms with Crippen LogP contribution in [0.4, 0.5) is 0 Å². The molecule has 1 aliphatic heterocycles. The first-order valence-electron chi connectivity index (χ1n) is 12.3. The number of rotatable bonds is 8. The van der Waals surface area contributed by atoms with E-state index in [4.69, 9.17) is 15.2 Å². The van der Waals surface area contributed by atoms with Gasteiger partial charge in [0, 0.05) is 30.8 Å². The Hall–Kier alpha value is -3.08. The average molecular weight is 518 g/mol. The zero-order valence-corrected chi connectivity index (χ0v) is 21.7. The summed E-state index contributed by atoms with van der Waals surface area (Å²) in [5.74, 6) is 0.757. The fourth-order valence-corrected chi connectivity index (χ4v) is 5.57. The first-order valence-corrected chi connectivity index (χ1v) is 13.3. The van der Waals surface area contributed by atoms with Gasteiger partial charge in [0.1, 0.15) is 0 Å². The molecule has 1 saturated heterocycles. The third kappa shape index (κ3) is 5.76. The summed E-state index contributed by atoms with van der Waals surface area (Å²) >= 11 is 1.57. The van der Waals surface area contributed by atoms with E-state index in [9.17, 15) is 5.11 Å². The molecule has 1 aromatic heterocycles. The smallest absolute Gasteiger partial charge is 0.209 e. The quantitative estimate of drug-likeness (QED) is 0.331. The summed E-state index contributed by atoms with van der Waals surface area (Å²) in [5, 5.41) is 22.0. The van der Waals surface area contributed by atoms with Crippen LogP contribution in [0.1, 0.15) is 41.6 Å². The number of ether oxygens (including phenoxy) is 2. The van der Waals surface area contributed by atoms with Crippen molar-refractivity contribution in [2.45, 2.75) is 43.7 Å². The van der Waals surface area contributed by atoms with Crippen molar-refractivity contribution in [3.05, 3.63) is 95.1 Å². The van der Waals surface area contributed by atoms with Crippen LogP contribution in [0, 0.1) is 5.92 Å². The van der Waals surface area contributed by atoms with Gasteiger partial charge >= 0.3 is 0 Å². The molecule has 0 saturated carbocycles. The van der Waals surface area contributed by atoms with E-state index < -0.39 is 6.29 Å². The van der Waals surface area contributed by atoms with Crippen molar-refractivity contribution in [2.75, 3.05) is 5.75 Å². The number of thioether (sulfide) groups is 1. The van der Waals surface area contributed by atoms with E-state index in [1.807, 2.05) is 55.6 Å². The summed E-state index contributed by atoms with van der Waals surface area (Å²) in [5.41, 5.74) is 12.0. The van der Waals surface area contributed by atoms with Gasteiger partial charge in [-0.2, -0.15) is 0 Å². The van der Waals surface area contributed by atoms with Crippen LogP contribution in [0.3, 0.4) is 0 Å². The van der Waals surface area contributed by atoms with Gasteiger partial charge in [-0.15, -0.1) is 5.10 Å². The number of aromatic nitrogens is 4. The van der Waals surface area contributed by atoms with Crippen molar-refractivity contribution in [2.24, 2.45) is 18.7 Å². The first-order chi connectivity index (χ1) is 18.1. The molecule has 0 spiro atoms. The second kappa shape index (κ2) is 11.5. The molecule has 0 amide bonds. The number of aryl methyl sites for hydroxylation is 1. The maximum atomic E-state index is 9.48. The normalized spacial score (nSPS) is 21.7. The van der Waals surface area contributed by atoms with Crippen LogP contribution in [0.15, 0.2) is 78.0 Å². The molecule has 0 bridgehead atoms. The first kappa shape index (κ1) is 25.6. The Morgan fingerprint density at radius 1 is 0.946 bits per heavy atom. The monoisotopic (exact) mass is 517 g/mol. The molecule has 3 N–H and O–H groups in total. The van der Waals surface area contributed by atoms with Crippen LogP contribution in [0.5, 0.6) is 0 Å². The van der Waals surface area contributed by atoms with Crippen LogP contribution in [-0.2, 0) is 29.7 Å². The van der Waals surface area contributed by atoms with Crippen molar-refractivity contribution < 1.29 is 14.6 Å². The Balaban J connectivity index is 1.44. The molecule has 192 valence electrons. The zero-order chi connectivity index (χ0) is 25.8. The Labute approximate surface area is 220 Å². The van der Waals surface area contributed by atoms with E-state index in [1.54, 1.807) is 16.4 Å². The van der Waals surface area contributed by atoms with Gasteiger partial charge in [-0.3, -0.25) is 0 Å². The largest absolute Gasteiger partial charge is 0.392 e. The van der Waals surface area contributed by atoms with Gasteiger partial charge in [0.15, 0.2) is 6.29 Å². The van der Waals surface area contributed by atoms with Crippen LogP contribution in [0.2, 0.25) is 0 Å². The predicted octanol–water partition coefficient (Wildman–Crippen LogP) is 4.41. The minimum absolute atomic E-state index is 0.0102. The molecule has 5 rings (SSSR count). The highest BCUT2D eigenvalue weighted by molar-refractivity contribution is 7.99. The maximum absolute atomic E-state index is 9.48. The zero-order valence-electron chi connectivity index (χ0n) is 20.9. The van der Waals surface area contributed by atoms with E-state index in [0.717, 1.165) is 38.5 Å².